The summed E-state index contributed by atoms with van der Waals surface area (Å²) < 4.78 is 15.8. The Hall–Kier alpha value is -8.22. The zero-order chi connectivity index (χ0) is 41.8. The predicted molar refractivity (Wildman–Crippen MR) is 254 cm³/mol. The van der Waals surface area contributed by atoms with Crippen molar-refractivity contribution < 1.29 is 9.30 Å². The van der Waals surface area contributed by atoms with Crippen molar-refractivity contribution in [2.24, 2.45) is 0 Å². The van der Waals surface area contributed by atoms with Gasteiger partial charge in [0, 0.05) is 50.5 Å². The summed E-state index contributed by atoms with van der Waals surface area (Å²) in [7, 11) is 0. The minimum Gasteiger partial charge on any atom is -0.458 e. The fraction of sp³-hybridized carbons (Fsp3) is 0.0526. The van der Waals surface area contributed by atoms with Crippen LogP contribution in [0.15, 0.2) is 200 Å². The van der Waals surface area contributed by atoms with E-state index >= 15 is 0 Å². The van der Waals surface area contributed by atoms with Crippen LogP contribution in [0.2, 0.25) is 0 Å². The Morgan fingerprint density at radius 2 is 1.16 bits per heavy atom. The number of imidazole rings is 1. The van der Waals surface area contributed by atoms with Crippen molar-refractivity contribution in [1.29, 1.82) is 0 Å². The average molecular weight is 810 g/mol. The number of rotatable bonds is 6. The molecule has 0 fully saturated rings. The van der Waals surface area contributed by atoms with Gasteiger partial charge in [-0.3, -0.25) is 13.7 Å². The van der Waals surface area contributed by atoms with Crippen molar-refractivity contribution in [1.82, 2.24) is 18.7 Å². The van der Waals surface area contributed by atoms with Crippen LogP contribution >= 0.6 is 0 Å². The molecule has 0 saturated heterocycles. The van der Waals surface area contributed by atoms with E-state index in [1.807, 2.05) is 12.3 Å². The van der Waals surface area contributed by atoms with Gasteiger partial charge in [0.25, 0.3) is 6.33 Å². The first-order valence-electron chi connectivity index (χ1n) is 21.5. The van der Waals surface area contributed by atoms with Crippen molar-refractivity contribution in [2.75, 3.05) is 0 Å². The SMILES string of the molecule is CC1(C)c2ccccc2-c2c1ccnc2-n1c2ccccc2c2ccc(Oc3cccc(-n4[c-][n+](-c5cccc6c7ccccc7n(-c7ccccc7)c56)c5ccccc54)c3)cc21. The second-order valence-electron chi connectivity index (χ2n) is 17.0. The highest BCUT2D eigenvalue weighted by molar-refractivity contribution is 6.12. The van der Waals surface area contributed by atoms with Crippen LogP contribution in [0.3, 0.4) is 0 Å². The smallest absolute Gasteiger partial charge is 0.269 e. The monoisotopic (exact) mass is 809 g/mol. The molecule has 1 aliphatic rings. The molecular formula is C57H39N5O. The van der Waals surface area contributed by atoms with E-state index in [4.69, 9.17) is 9.72 Å². The van der Waals surface area contributed by atoms with E-state index < -0.39 is 0 Å². The van der Waals surface area contributed by atoms with Crippen LogP contribution in [-0.4, -0.2) is 18.7 Å². The zero-order valence-corrected chi connectivity index (χ0v) is 34.7. The number of hydrogen-bond donors (Lipinski definition) is 0. The third kappa shape index (κ3) is 5.18. The fourth-order valence-electron chi connectivity index (χ4n) is 10.3. The molecule has 0 amide bonds. The van der Waals surface area contributed by atoms with E-state index in [2.05, 4.69) is 227 Å². The second kappa shape index (κ2) is 13.4. The van der Waals surface area contributed by atoms with Gasteiger partial charge in [0.2, 0.25) is 0 Å². The van der Waals surface area contributed by atoms with E-state index in [0.29, 0.717) is 0 Å². The molecule has 8 aromatic carbocycles. The van der Waals surface area contributed by atoms with E-state index in [1.165, 1.54) is 38.4 Å². The van der Waals surface area contributed by atoms with Crippen LogP contribution < -0.4 is 9.30 Å². The highest BCUT2D eigenvalue weighted by Crippen LogP contribution is 2.51. The lowest BCUT2D eigenvalue weighted by molar-refractivity contribution is -0.571. The summed E-state index contributed by atoms with van der Waals surface area (Å²) in [4.78, 5) is 5.13. The van der Waals surface area contributed by atoms with Crippen molar-refractivity contribution in [2.45, 2.75) is 19.3 Å². The van der Waals surface area contributed by atoms with E-state index in [0.717, 1.165) is 72.9 Å². The number of aromatic nitrogens is 5. The minimum atomic E-state index is -0.140. The van der Waals surface area contributed by atoms with Crippen LogP contribution in [0.4, 0.5) is 0 Å². The third-order valence-electron chi connectivity index (χ3n) is 13.1. The summed E-state index contributed by atoms with van der Waals surface area (Å²) in [6, 6.07) is 68.6. The standard InChI is InChI=1S/C57H39N5O/c1-57(2)46-24-9-6-22-45(46)54-47(57)32-33-58-56(54)62-49-26-11-7-20-41(49)43-31-30-40(35-53(43)62)63-39-19-14-18-38(34-39)59-36-60(51-28-13-12-27-50(51)59)52-29-15-23-44-42-21-8-10-25-48(42)61(55(44)52)37-16-4-3-5-17-37/h3-35H,1-2H3. The first-order chi connectivity index (χ1) is 31.0. The van der Waals surface area contributed by atoms with Crippen LogP contribution in [-0.2, 0) is 5.41 Å². The van der Waals surface area contributed by atoms with Crippen LogP contribution in [0.5, 0.6) is 11.5 Å². The van der Waals surface area contributed by atoms with Gasteiger partial charge in [0.15, 0.2) is 0 Å². The van der Waals surface area contributed by atoms with Gasteiger partial charge in [-0.2, -0.15) is 0 Å². The first kappa shape index (κ1) is 35.5. The molecule has 6 heteroatoms. The van der Waals surface area contributed by atoms with Gasteiger partial charge in [-0.15, -0.1) is 0 Å². The number of nitrogens with zero attached hydrogens (tertiary/aromatic N) is 5. The molecule has 0 aliphatic heterocycles. The normalized spacial score (nSPS) is 13.0. The summed E-state index contributed by atoms with van der Waals surface area (Å²) in [5.41, 5.74) is 14.5. The maximum atomic E-state index is 6.81. The number of fused-ring (bicyclic) bond motifs is 10. The number of ether oxygens (including phenoxy) is 1. The first-order valence-corrected chi connectivity index (χ1v) is 21.5. The Morgan fingerprint density at radius 3 is 2.02 bits per heavy atom. The van der Waals surface area contributed by atoms with Gasteiger partial charge in [-0.1, -0.05) is 135 Å². The molecular weight excluding hydrogens is 771 g/mol. The molecule has 1 aliphatic carbocycles. The average Bonchev–Trinajstić information content (AvgIpc) is 4.05. The molecule has 12 aromatic rings. The maximum absolute atomic E-state index is 6.81. The lowest BCUT2D eigenvalue weighted by atomic mass is 9.83. The summed E-state index contributed by atoms with van der Waals surface area (Å²) in [5.74, 6) is 2.40. The van der Waals surface area contributed by atoms with Crippen LogP contribution in [0, 0.1) is 6.33 Å². The molecule has 0 atom stereocenters. The zero-order valence-electron chi connectivity index (χ0n) is 34.7. The Labute approximate surface area is 363 Å². The third-order valence-corrected chi connectivity index (χ3v) is 13.1. The number of para-hydroxylation sites is 6. The summed E-state index contributed by atoms with van der Waals surface area (Å²) in [5, 5.41) is 4.73. The van der Waals surface area contributed by atoms with Crippen molar-refractivity contribution in [3.8, 4) is 45.5 Å². The lowest BCUT2D eigenvalue weighted by Crippen LogP contribution is -2.30. The van der Waals surface area contributed by atoms with Gasteiger partial charge < -0.3 is 9.30 Å². The quantitative estimate of drug-likeness (QED) is 0.124. The van der Waals surface area contributed by atoms with Gasteiger partial charge >= 0.3 is 0 Å². The van der Waals surface area contributed by atoms with Crippen molar-refractivity contribution in [3.63, 3.8) is 0 Å². The Kier molecular flexibility index (Phi) is 7.55. The summed E-state index contributed by atoms with van der Waals surface area (Å²) in [6.45, 7) is 4.63. The molecule has 0 N–H and O–H groups in total. The summed E-state index contributed by atoms with van der Waals surface area (Å²) in [6.07, 6.45) is 5.74. The lowest BCUT2D eigenvalue weighted by Gasteiger charge is -2.21. The van der Waals surface area contributed by atoms with Crippen molar-refractivity contribution >= 4 is 54.6 Å². The van der Waals surface area contributed by atoms with E-state index in [1.54, 1.807) is 0 Å². The number of hydrogen-bond acceptors (Lipinski definition) is 2. The Balaban J connectivity index is 0.937. The molecule has 298 valence electrons. The molecule has 0 bridgehead atoms. The van der Waals surface area contributed by atoms with E-state index in [9.17, 15) is 0 Å². The fourth-order valence-corrected chi connectivity index (χ4v) is 10.3. The summed E-state index contributed by atoms with van der Waals surface area (Å²) >= 11 is 0. The van der Waals surface area contributed by atoms with Gasteiger partial charge in [-0.25, -0.2) is 4.98 Å². The molecule has 0 spiro atoms. The molecule has 4 heterocycles. The molecule has 0 saturated carbocycles. The van der Waals surface area contributed by atoms with Crippen LogP contribution in [0.25, 0.3) is 88.7 Å². The molecule has 13 rings (SSSR count). The van der Waals surface area contributed by atoms with Gasteiger partial charge in [0.05, 0.1) is 44.5 Å². The number of pyridine rings is 1. The second-order valence-corrected chi connectivity index (χ2v) is 17.0. The van der Waals surface area contributed by atoms with Gasteiger partial charge in [-0.05, 0) is 83.4 Å². The highest BCUT2D eigenvalue weighted by atomic mass is 16.5. The maximum Gasteiger partial charge on any atom is 0.269 e. The molecule has 4 aromatic heterocycles. The Morgan fingerprint density at radius 1 is 0.508 bits per heavy atom. The minimum absolute atomic E-state index is 0.140. The predicted octanol–water partition coefficient (Wildman–Crippen LogP) is 13.4. The molecule has 0 unspecified atom stereocenters. The number of benzene rings is 8. The van der Waals surface area contributed by atoms with E-state index in [-0.39, 0.29) is 5.41 Å². The molecule has 63 heavy (non-hydrogen) atoms. The van der Waals surface area contributed by atoms with Crippen LogP contribution in [0.1, 0.15) is 25.0 Å². The highest BCUT2D eigenvalue weighted by Gasteiger charge is 2.37. The van der Waals surface area contributed by atoms with Crippen molar-refractivity contribution in [3.05, 3.63) is 218 Å². The topological polar surface area (TPSA) is 40.8 Å². The Bertz CT molecular complexity index is 3810. The molecule has 0 radical (unpaired) electrons. The van der Waals surface area contributed by atoms with Gasteiger partial charge in [0.1, 0.15) is 17.3 Å². The molecule has 6 nitrogen and oxygen atoms in total. The largest absolute Gasteiger partial charge is 0.458 e.